The van der Waals surface area contributed by atoms with Gasteiger partial charge in [0.1, 0.15) is 13.2 Å². The molecule has 4 aromatic rings. The van der Waals surface area contributed by atoms with Crippen LogP contribution in [-0.2, 0) is 29.1 Å². The Labute approximate surface area is 202 Å². The SMILES string of the molecule is O=C(Cn1c(-c2ccccc2)c(Cl)nc(NCCc2ccccn2)c1=O)OCc1ccccc1. The van der Waals surface area contributed by atoms with E-state index in [-0.39, 0.29) is 24.1 Å². The number of benzene rings is 2. The maximum absolute atomic E-state index is 13.3. The van der Waals surface area contributed by atoms with E-state index in [0.717, 1.165) is 11.3 Å². The van der Waals surface area contributed by atoms with Crippen LogP contribution in [0.15, 0.2) is 89.9 Å². The molecule has 2 aromatic carbocycles. The summed E-state index contributed by atoms with van der Waals surface area (Å²) in [7, 11) is 0. The quantitative estimate of drug-likeness (QED) is 0.363. The lowest BCUT2D eigenvalue weighted by molar-refractivity contribution is -0.145. The second-order valence-electron chi connectivity index (χ2n) is 7.50. The Morgan fingerprint density at radius 2 is 1.68 bits per heavy atom. The van der Waals surface area contributed by atoms with Gasteiger partial charge in [-0.1, -0.05) is 78.3 Å². The van der Waals surface area contributed by atoms with E-state index in [0.29, 0.717) is 24.2 Å². The summed E-state index contributed by atoms with van der Waals surface area (Å²) >= 11 is 6.52. The Bertz CT molecular complexity index is 1300. The van der Waals surface area contributed by atoms with Gasteiger partial charge in [0.2, 0.25) is 0 Å². The highest BCUT2D eigenvalue weighted by molar-refractivity contribution is 6.32. The summed E-state index contributed by atoms with van der Waals surface area (Å²) in [4.78, 5) is 34.6. The summed E-state index contributed by atoms with van der Waals surface area (Å²) in [6.45, 7) is 0.245. The Kier molecular flexibility index (Phi) is 7.67. The van der Waals surface area contributed by atoms with Gasteiger partial charge in [-0.25, -0.2) is 4.98 Å². The topological polar surface area (TPSA) is 86.1 Å². The van der Waals surface area contributed by atoms with Gasteiger partial charge in [-0.15, -0.1) is 0 Å². The van der Waals surface area contributed by atoms with Crippen LogP contribution in [0, 0.1) is 0 Å². The molecule has 0 fully saturated rings. The van der Waals surface area contributed by atoms with Crippen molar-refractivity contribution in [3.05, 3.63) is 112 Å². The van der Waals surface area contributed by atoms with Crippen LogP contribution in [-0.4, -0.2) is 27.0 Å². The number of pyridine rings is 1. The Hall–Kier alpha value is -3.97. The molecule has 34 heavy (non-hydrogen) atoms. The van der Waals surface area contributed by atoms with Crippen LogP contribution >= 0.6 is 11.6 Å². The first kappa shape index (κ1) is 23.2. The third-order valence-electron chi connectivity index (χ3n) is 5.10. The van der Waals surface area contributed by atoms with Crippen LogP contribution in [0.3, 0.4) is 0 Å². The molecule has 2 heterocycles. The van der Waals surface area contributed by atoms with Gasteiger partial charge in [-0.2, -0.15) is 0 Å². The summed E-state index contributed by atoms with van der Waals surface area (Å²) in [6, 6.07) is 24.1. The number of ether oxygens (including phenoxy) is 1. The first-order valence-corrected chi connectivity index (χ1v) is 11.2. The van der Waals surface area contributed by atoms with Crippen molar-refractivity contribution < 1.29 is 9.53 Å². The number of carbonyl (C=O) groups excluding carboxylic acids is 1. The monoisotopic (exact) mass is 474 g/mol. The van der Waals surface area contributed by atoms with Gasteiger partial charge in [-0.05, 0) is 17.7 Å². The van der Waals surface area contributed by atoms with Crippen molar-refractivity contribution in [3.63, 3.8) is 0 Å². The Morgan fingerprint density at radius 3 is 2.38 bits per heavy atom. The van der Waals surface area contributed by atoms with Gasteiger partial charge in [-0.3, -0.25) is 19.1 Å². The van der Waals surface area contributed by atoms with Crippen LogP contribution < -0.4 is 10.9 Å². The fraction of sp³-hybridized carbons (Fsp3) is 0.154. The molecule has 0 aliphatic rings. The van der Waals surface area contributed by atoms with Gasteiger partial charge in [0.25, 0.3) is 5.56 Å². The molecule has 1 N–H and O–H groups in total. The van der Waals surface area contributed by atoms with Crippen molar-refractivity contribution in [3.8, 4) is 11.3 Å². The number of rotatable bonds is 9. The highest BCUT2D eigenvalue weighted by Gasteiger charge is 2.19. The molecule has 0 spiro atoms. The molecule has 4 rings (SSSR count). The molecule has 0 saturated heterocycles. The number of nitrogens with one attached hydrogen (secondary N) is 1. The average Bonchev–Trinajstić information content (AvgIpc) is 2.87. The number of carbonyl (C=O) groups is 1. The highest BCUT2D eigenvalue weighted by atomic mass is 35.5. The molecule has 0 bridgehead atoms. The molecule has 0 amide bonds. The number of hydrogen-bond acceptors (Lipinski definition) is 6. The third kappa shape index (κ3) is 5.88. The van der Waals surface area contributed by atoms with Crippen molar-refractivity contribution in [2.24, 2.45) is 0 Å². The summed E-state index contributed by atoms with van der Waals surface area (Å²) in [6.07, 6.45) is 2.31. The molecule has 172 valence electrons. The van der Waals surface area contributed by atoms with Crippen molar-refractivity contribution in [2.75, 3.05) is 11.9 Å². The van der Waals surface area contributed by atoms with E-state index < -0.39 is 11.5 Å². The number of anilines is 1. The molecule has 0 unspecified atom stereocenters. The third-order valence-corrected chi connectivity index (χ3v) is 5.36. The smallest absolute Gasteiger partial charge is 0.326 e. The first-order chi connectivity index (χ1) is 16.6. The lowest BCUT2D eigenvalue weighted by Gasteiger charge is -2.16. The Morgan fingerprint density at radius 1 is 0.971 bits per heavy atom. The number of aromatic nitrogens is 3. The van der Waals surface area contributed by atoms with Crippen molar-refractivity contribution in [1.29, 1.82) is 0 Å². The molecular weight excluding hydrogens is 452 g/mol. The van der Waals surface area contributed by atoms with E-state index in [1.54, 1.807) is 6.20 Å². The van der Waals surface area contributed by atoms with Crippen LogP contribution in [0.4, 0.5) is 5.82 Å². The maximum Gasteiger partial charge on any atom is 0.326 e. The number of hydrogen-bond donors (Lipinski definition) is 1. The van der Waals surface area contributed by atoms with E-state index in [1.807, 2.05) is 78.9 Å². The zero-order valence-corrected chi connectivity index (χ0v) is 19.1. The molecule has 2 aromatic heterocycles. The van der Waals surface area contributed by atoms with E-state index in [9.17, 15) is 9.59 Å². The molecule has 0 aliphatic heterocycles. The summed E-state index contributed by atoms with van der Waals surface area (Å²) in [5.74, 6) is -0.485. The van der Waals surface area contributed by atoms with Crippen LogP contribution in [0.1, 0.15) is 11.3 Å². The molecule has 8 heteroatoms. The van der Waals surface area contributed by atoms with Gasteiger partial charge in [0, 0.05) is 30.4 Å². The molecule has 7 nitrogen and oxygen atoms in total. The molecule has 0 aliphatic carbocycles. The van der Waals surface area contributed by atoms with Crippen molar-refractivity contribution in [1.82, 2.24) is 14.5 Å². The van der Waals surface area contributed by atoms with E-state index in [2.05, 4.69) is 15.3 Å². The lowest BCUT2D eigenvalue weighted by atomic mass is 10.1. The minimum Gasteiger partial charge on any atom is -0.459 e. The predicted octanol–water partition coefficient (Wildman–Crippen LogP) is 4.36. The van der Waals surface area contributed by atoms with Gasteiger partial charge in [0.05, 0.1) is 5.69 Å². The fourth-order valence-corrected chi connectivity index (χ4v) is 3.74. The van der Waals surface area contributed by atoms with Crippen molar-refractivity contribution >= 4 is 23.4 Å². The summed E-state index contributed by atoms with van der Waals surface area (Å²) in [5, 5.41) is 3.14. The minimum atomic E-state index is -0.551. The second kappa shape index (κ2) is 11.2. The highest BCUT2D eigenvalue weighted by Crippen LogP contribution is 2.26. The van der Waals surface area contributed by atoms with Gasteiger partial charge >= 0.3 is 5.97 Å². The lowest BCUT2D eigenvalue weighted by Crippen LogP contribution is -2.30. The van der Waals surface area contributed by atoms with Gasteiger partial charge < -0.3 is 10.1 Å². The maximum atomic E-state index is 13.3. The zero-order valence-electron chi connectivity index (χ0n) is 18.4. The van der Waals surface area contributed by atoms with Crippen LogP contribution in [0.5, 0.6) is 0 Å². The summed E-state index contributed by atoms with van der Waals surface area (Å²) < 4.78 is 6.71. The van der Waals surface area contributed by atoms with Crippen molar-refractivity contribution in [2.45, 2.75) is 19.6 Å². The number of nitrogens with zero attached hydrogens (tertiary/aromatic N) is 3. The number of halogens is 1. The normalized spacial score (nSPS) is 10.6. The van der Waals surface area contributed by atoms with E-state index >= 15 is 0 Å². The molecule has 0 radical (unpaired) electrons. The fourth-order valence-electron chi connectivity index (χ4n) is 3.44. The molecule has 0 saturated carbocycles. The standard InChI is InChI=1S/C26H23ClN4O3/c27-24-23(20-11-5-2-6-12-20)31(17-22(32)34-18-19-9-3-1-4-10-19)26(33)25(30-24)29-16-14-21-13-7-8-15-28-21/h1-13,15H,14,16-18H2,(H,29,30). The van der Waals surface area contributed by atoms with Crippen LogP contribution in [0.25, 0.3) is 11.3 Å². The minimum absolute atomic E-state index is 0.0662. The largest absolute Gasteiger partial charge is 0.459 e. The zero-order chi connectivity index (χ0) is 23.8. The molecular formula is C26H23ClN4O3. The van der Waals surface area contributed by atoms with Crippen LogP contribution in [0.2, 0.25) is 5.15 Å². The molecule has 0 atom stereocenters. The predicted molar refractivity (Wildman–Crippen MR) is 132 cm³/mol. The van der Waals surface area contributed by atoms with E-state index in [1.165, 1.54) is 4.57 Å². The average molecular weight is 475 g/mol. The Balaban J connectivity index is 1.58. The second-order valence-corrected chi connectivity index (χ2v) is 7.86. The van der Waals surface area contributed by atoms with E-state index in [4.69, 9.17) is 16.3 Å². The van der Waals surface area contributed by atoms with Gasteiger partial charge in [0.15, 0.2) is 11.0 Å². The number of esters is 1. The summed E-state index contributed by atoms with van der Waals surface area (Å²) in [5.41, 5.74) is 2.32. The first-order valence-electron chi connectivity index (χ1n) is 10.8.